The van der Waals surface area contributed by atoms with Gasteiger partial charge in [0.2, 0.25) is 0 Å². The van der Waals surface area contributed by atoms with Crippen molar-refractivity contribution in [2.24, 2.45) is 13.0 Å². The van der Waals surface area contributed by atoms with Crippen LogP contribution < -0.4 is 4.57 Å². The number of rotatable bonds is 4. The molecule has 0 aliphatic heterocycles. The summed E-state index contributed by atoms with van der Waals surface area (Å²) in [5.74, 6) is 2.15. The summed E-state index contributed by atoms with van der Waals surface area (Å²) in [6, 6.07) is 0. The summed E-state index contributed by atoms with van der Waals surface area (Å²) < 4.78 is 2.15. The van der Waals surface area contributed by atoms with Crippen LogP contribution in [0, 0.1) is 5.92 Å². The number of imidazole rings is 1. The molecule has 0 radical (unpaired) electrons. The van der Waals surface area contributed by atoms with Gasteiger partial charge in [-0.3, -0.25) is 0 Å². The zero-order valence-electron chi connectivity index (χ0n) is 10.2. The molecule has 0 aliphatic rings. The predicted molar refractivity (Wildman–Crippen MR) is 85.5 cm³/mol. The third-order valence-electron chi connectivity index (χ3n) is 2.17. The predicted octanol–water partition coefficient (Wildman–Crippen LogP) is 5.20. The van der Waals surface area contributed by atoms with Crippen LogP contribution >= 0.6 is 56.4 Å². The number of aryl methyl sites for hydroxylation is 2. The summed E-state index contributed by atoms with van der Waals surface area (Å²) >= 11 is 13.0. The van der Waals surface area contributed by atoms with Gasteiger partial charge in [-0.15, -0.1) is 0 Å². The van der Waals surface area contributed by atoms with Crippen LogP contribution in [0.5, 0.6) is 0 Å². The molecule has 0 saturated heterocycles. The molecule has 1 aromatic rings. The van der Waals surface area contributed by atoms with Crippen LogP contribution in [0.15, 0.2) is 12.4 Å². The molecular weight excluding hydrogens is 524 g/mol. The van der Waals surface area contributed by atoms with Gasteiger partial charge in [-0.25, -0.2) is 9.55 Å². The Balaban J connectivity index is 0.000000437. The van der Waals surface area contributed by atoms with Gasteiger partial charge in [-0.1, -0.05) is 20.3 Å². The Kier molecular flexibility index (Phi) is 10.5. The van der Waals surface area contributed by atoms with Crippen molar-refractivity contribution in [3.8, 4) is 0 Å². The molecule has 7 heteroatoms. The Labute approximate surface area is 134 Å². The van der Waals surface area contributed by atoms with Crippen LogP contribution in [-0.4, -0.2) is 4.98 Å². The summed E-state index contributed by atoms with van der Waals surface area (Å²) in [6.45, 7) is 4.55. The van der Waals surface area contributed by atoms with Crippen LogP contribution in [0.25, 0.3) is 0 Å². The summed E-state index contributed by atoms with van der Waals surface area (Å²) in [7, 11) is 2.08. The van der Waals surface area contributed by atoms with E-state index < -0.39 is 5.61 Å². The third-order valence-corrected chi connectivity index (χ3v) is 2.17. The molecule has 2 nitrogen and oxygen atoms in total. The summed E-state index contributed by atoms with van der Waals surface area (Å²) in [5.41, 5.74) is -1.25. The molecule has 0 spiro atoms. The molecule has 0 atom stereocenters. The molecule has 0 aromatic carbocycles. The molecule has 0 bridgehead atoms. The van der Waals surface area contributed by atoms with Crippen LogP contribution in [0.1, 0.15) is 32.5 Å². The molecule has 0 saturated carbocycles. The second-order valence-electron chi connectivity index (χ2n) is 4.11. The molecule has 0 aliphatic carbocycles. The van der Waals surface area contributed by atoms with Crippen molar-refractivity contribution in [3.05, 3.63) is 18.2 Å². The van der Waals surface area contributed by atoms with E-state index in [4.69, 9.17) is 0 Å². The fourth-order valence-electron chi connectivity index (χ4n) is 1.36. The van der Waals surface area contributed by atoms with E-state index in [2.05, 4.69) is 93.1 Å². The second-order valence-corrected chi connectivity index (χ2v) is 37.5. The Hall–Kier alpha value is 1.65. The Bertz CT molecular complexity index is 303. The summed E-state index contributed by atoms with van der Waals surface area (Å²) in [6.07, 6.45) is 7.82. The van der Waals surface area contributed by atoms with Crippen molar-refractivity contribution >= 4 is 56.4 Å². The first-order chi connectivity index (χ1) is 7.70. The van der Waals surface area contributed by atoms with Gasteiger partial charge in [0.1, 0.15) is 12.4 Å². The minimum atomic E-state index is -1.25. The van der Waals surface area contributed by atoms with Gasteiger partial charge in [0.05, 0.1) is 7.05 Å². The fraction of sp³-hybridized carbons (Fsp3) is 0.700. The normalized spacial score (nSPS) is 12.2. The fourth-order valence-corrected chi connectivity index (χ4v) is 1.36. The Morgan fingerprint density at radius 3 is 2.18 bits per heavy atom. The van der Waals surface area contributed by atoms with Crippen molar-refractivity contribution < 1.29 is 10.2 Å². The monoisotopic (exact) mass is 539 g/mol. The van der Waals surface area contributed by atoms with E-state index in [0.29, 0.717) is 0 Å². The maximum absolute atomic E-state index is 3.25. The van der Waals surface area contributed by atoms with Gasteiger partial charge in [0, 0.05) is 6.42 Å². The number of hydrogen-bond donors (Lipinski definition) is 1. The molecule has 1 rings (SSSR count). The quantitative estimate of drug-likeness (QED) is 0.399. The van der Waals surface area contributed by atoms with E-state index in [9.17, 15) is 0 Å². The molecule has 1 heterocycles. The first kappa shape index (κ1) is 18.6. The van der Waals surface area contributed by atoms with E-state index in [0.717, 1.165) is 5.92 Å². The number of halogens is 4. The van der Waals surface area contributed by atoms with Gasteiger partial charge in [-0.05, 0) is 12.3 Å². The number of aromatic nitrogens is 2. The second kappa shape index (κ2) is 9.54. The molecule has 0 fully saturated rings. The van der Waals surface area contributed by atoms with E-state index in [1.54, 1.807) is 0 Å². The van der Waals surface area contributed by atoms with E-state index in [-0.39, 0.29) is 0 Å². The molecule has 1 aromatic heterocycles. The van der Waals surface area contributed by atoms with E-state index in [1.165, 1.54) is 25.1 Å². The Morgan fingerprint density at radius 2 is 1.82 bits per heavy atom. The van der Waals surface area contributed by atoms with Crippen molar-refractivity contribution in [2.45, 2.75) is 33.1 Å². The van der Waals surface area contributed by atoms with Crippen LogP contribution in [0.3, 0.4) is 0 Å². The van der Waals surface area contributed by atoms with Crippen molar-refractivity contribution in [3.63, 3.8) is 0 Å². The van der Waals surface area contributed by atoms with Crippen molar-refractivity contribution in [1.82, 2.24) is 4.98 Å². The van der Waals surface area contributed by atoms with Gasteiger partial charge in [0.25, 0.3) is 5.82 Å². The zero-order valence-corrected chi connectivity index (χ0v) is 17.6. The number of nitrogens with zero attached hydrogens (tertiary/aromatic N) is 1. The number of aromatic amines is 1. The molecule has 0 amide bonds. The average molecular weight is 543 g/mol. The molecule has 0 unspecified atom stereocenters. The molecule has 104 valence electrons. The van der Waals surface area contributed by atoms with Crippen molar-refractivity contribution in [1.29, 1.82) is 0 Å². The topological polar surface area (TPSA) is 19.7 Å². The third kappa shape index (κ3) is 13.9. The average Bonchev–Trinajstić information content (AvgIpc) is 2.48. The van der Waals surface area contributed by atoms with Gasteiger partial charge in [0.15, 0.2) is 0 Å². The van der Waals surface area contributed by atoms with Crippen LogP contribution in [0.2, 0.25) is 0 Å². The number of hydrogen-bond acceptors (Lipinski definition) is 0. The SMILES string of the molecule is CC(C)CCCc1[nH]cc[n+]1C.[Br][Fe]([Br])([Br])[Br]. The van der Waals surface area contributed by atoms with Crippen molar-refractivity contribution in [2.75, 3.05) is 0 Å². The summed E-state index contributed by atoms with van der Waals surface area (Å²) in [4.78, 5) is 3.24. The standard InChI is InChI=1S/C10H18N2.4BrH.Fe/c1-9(2)5-4-6-10-11-7-8-12(10)3;;;;;/h7-9H,4-6H2,1-3H3;4*1H;/q;;;;;+4/p-3. The van der Waals surface area contributed by atoms with Gasteiger partial charge in [-0.2, -0.15) is 0 Å². The zero-order chi connectivity index (χ0) is 13.5. The first-order valence-electron chi connectivity index (χ1n) is 5.25. The van der Waals surface area contributed by atoms with E-state index >= 15 is 0 Å². The number of nitrogens with one attached hydrogen (secondary N) is 1. The molecule has 17 heavy (non-hydrogen) atoms. The minimum absolute atomic E-state index is 0.824. The maximum atomic E-state index is 3.25. The first-order valence-corrected chi connectivity index (χ1v) is 16.2. The van der Waals surface area contributed by atoms with Gasteiger partial charge < -0.3 is 0 Å². The van der Waals surface area contributed by atoms with Gasteiger partial charge >= 0.3 is 62.1 Å². The Morgan fingerprint density at radius 1 is 1.29 bits per heavy atom. The molecule has 1 N–H and O–H groups in total. The van der Waals surface area contributed by atoms with E-state index in [1.807, 2.05) is 6.20 Å². The number of H-pyrrole nitrogens is 1. The van der Waals surface area contributed by atoms with Crippen LogP contribution in [-0.2, 0) is 19.1 Å². The summed E-state index contributed by atoms with van der Waals surface area (Å²) in [5, 5.41) is 0. The molecular formula is C10H19Br4FeN2+. The van der Waals surface area contributed by atoms with Crippen LogP contribution in [0.4, 0.5) is 0 Å².